The van der Waals surface area contributed by atoms with Crippen LogP contribution in [0.2, 0.25) is 0 Å². The second-order valence-corrected chi connectivity index (χ2v) is 5.75. The zero-order valence-electron chi connectivity index (χ0n) is 11.3. The van der Waals surface area contributed by atoms with E-state index in [-0.39, 0.29) is 18.6 Å². The van der Waals surface area contributed by atoms with Gasteiger partial charge in [-0.15, -0.1) is 11.3 Å². The number of aliphatic hydroxyl groups is 1. The van der Waals surface area contributed by atoms with Crippen LogP contribution in [0.3, 0.4) is 0 Å². The maximum absolute atomic E-state index is 12.6. The molecule has 1 aliphatic rings. The number of aliphatic hydroxyl groups excluding tert-OH is 1. The van der Waals surface area contributed by atoms with Gasteiger partial charge in [-0.2, -0.15) is 0 Å². The third kappa shape index (κ3) is 3.28. The SMILES string of the molecule is COc1ccsc1C(=O)N(CCO)C1CCCCC1. The van der Waals surface area contributed by atoms with Gasteiger partial charge >= 0.3 is 0 Å². The minimum Gasteiger partial charge on any atom is -0.495 e. The number of thiophene rings is 1. The highest BCUT2D eigenvalue weighted by Gasteiger charge is 2.28. The molecule has 1 aromatic heterocycles. The van der Waals surface area contributed by atoms with Crippen LogP contribution in [-0.4, -0.2) is 42.2 Å². The average Bonchev–Trinajstić information content (AvgIpc) is 2.93. The normalized spacial score (nSPS) is 16.3. The fourth-order valence-corrected chi connectivity index (χ4v) is 3.51. The molecule has 0 atom stereocenters. The molecule has 1 aliphatic carbocycles. The van der Waals surface area contributed by atoms with Crippen molar-refractivity contribution in [3.05, 3.63) is 16.3 Å². The van der Waals surface area contributed by atoms with Crippen LogP contribution in [0.1, 0.15) is 41.8 Å². The Balaban J connectivity index is 2.15. The minimum absolute atomic E-state index is 0.00667. The van der Waals surface area contributed by atoms with Gasteiger partial charge in [0.25, 0.3) is 5.91 Å². The lowest BCUT2D eigenvalue weighted by molar-refractivity contribution is 0.0587. The summed E-state index contributed by atoms with van der Waals surface area (Å²) in [5, 5.41) is 11.1. The summed E-state index contributed by atoms with van der Waals surface area (Å²) in [5.74, 6) is 0.626. The Morgan fingerprint density at radius 1 is 1.47 bits per heavy atom. The fraction of sp³-hybridized carbons (Fsp3) is 0.643. The van der Waals surface area contributed by atoms with Crippen molar-refractivity contribution in [2.45, 2.75) is 38.1 Å². The molecule has 106 valence electrons. The van der Waals surface area contributed by atoms with Crippen molar-refractivity contribution in [1.29, 1.82) is 0 Å². The van der Waals surface area contributed by atoms with Gasteiger partial charge in [-0.3, -0.25) is 4.79 Å². The summed E-state index contributed by atoms with van der Waals surface area (Å²) < 4.78 is 5.22. The van der Waals surface area contributed by atoms with Gasteiger partial charge in [-0.25, -0.2) is 0 Å². The Kier molecular flexibility index (Phi) is 5.22. The number of amides is 1. The third-order valence-electron chi connectivity index (χ3n) is 3.66. The summed E-state index contributed by atoms with van der Waals surface area (Å²) in [5.41, 5.74) is 0. The summed E-state index contributed by atoms with van der Waals surface area (Å²) in [6.45, 7) is 0.417. The molecule has 2 rings (SSSR count). The van der Waals surface area contributed by atoms with Crippen LogP contribution in [0.15, 0.2) is 11.4 Å². The van der Waals surface area contributed by atoms with Gasteiger partial charge in [0.1, 0.15) is 10.6 Å². The predicted molar refractivity (Wildman–Crippen MR) is 75.9 cm³/mol. The molecule has 0 aliphatic heterocycles. The molecule has 1 fully saturated rings. The number of ether oxygens (including phenoxy) is 1. The van der Waals surface area contributed by atoms with E-state index in [2.05, 4.69) is 0 Å². The summed E-state index contributed by atoms with van der Waals surface area (Å²) in [4.78, 5) is 15.1. The highest BCUT2D eigenvalue weighted by molar-refractivity contribution is 7.12. The predicted octanol–water partition coefficient (Wildman–Crippen LogP) is 2.52. The smallest absolute Gasteiger partial charge is 0.268 e. The van der Waals surface area contributed by atoms with E-state index in [4.69, 9.17) is 4.74 Å². The van der Waals surface area contributed by atoms with Gasteiger partial charge in [0.15, 0.2) is 0 Å². The lowest BCUT2D eigenvalue weighted by Crippen LogP contribution is -2.42. The van der Waals surface area contributed by atoms with Crippen molar-refractivity contribution in [2.75, 3.05) is 20.3 Å². The first-order valence-electron chi connectivity index (χ1n) is 6.81. The minimum atomic E-state index is -0.00667. The molecule has 5 heteroatoms. The molecule has 19 heavy (non-hydrogen) atoms. The third-order valence-corrected chi connectivity index (χ3v) is 4.54. The summed E-state index contributed by atoms with van der Waals surface area (Å²) >= 11 is 1.40. The van der Waals surface area contributed by atoms with Gasteiger partial charge in [0, 0.05) is 12.6 Å². The Hall–Kier alpha value is -1.07. The van der Waals surface area contributed by atoms with Gasteiger partial charge in [0.2, 0.25) is 0 Å². The quantitative estimate of drug-likeness (QED) is 0.903. The lowest BCUT2D eigenvalue weighted by Gasteiger charge is -2.33. The number of rotatable bonds is 5. The molecule has 1 heterocycles. The Morgan fingerprint density at radius 2 is 2.21 bits per heavy atom. The van der Waals surface area contributed by atoms with Crippen LogP contribution in [0.4, 0.5) is 0 Å². The number of hydrogen-bond acceptors (Lipinski definition) is 4. The zero-order valence-corrected chi connectivity index (χ0v) is 12.1. The Morgan fingerprint density at radius 3 is 2.84 bits per heavy atom. The van der Waals surface area contributed by atoms with Crippen LogP contribution in [0, 0.1) is 0 Å². The van der Waals surface area contributed by atoms with Gasteiger partial charge in [-0.1, -0.05) is 19.3 Å². The van der Waals surface area contributed by atoms with Gasteiger partial charge in [0.05, 0.1) is 13.7 Å². The Labute approximate surface area is 118 Å². The van der Waals surface area contributed by atoms with Gasteiger partial charge in [-0.05, 0) is 24.3 Å². The monoisotopic (exact) mass is 283 g/mol. The lowest BCUT2D eigenvalue weighted by atomic mass is 9.94. The second-order valence-electron chi connectivity index (χ2n) is 4.83. The topological polar surface area (TPSA) is 49.8 Å². The standard InChI is InChI=1S/C14H21NO3S/c1-18-12-7-10-19-13(12)14(17)15(8-9-16)11-5-3-2-4-6-11/h7,10-11,16H,2-6,8-9H2,1H3. The van der Waals surface area contributed by atoms with Crippen LogP contribution in [-0.2, 0) is 0 Å². The van der Waals surface area contributed by atoms with E-state index in [0.717, 1.165) is 12.8 Å². The largest absolute Gasteiger partial charge is 0.495 e. The van der Waals surface area contributed by atoms with Crippen LogP contribution in [0.5, 0.6) is 5.75 Å². The fourth-order valence-electron chi connectivity index (χ4n) is 2.69. The van der Waals surface area contributed by atoms with Crippen molar-refractivity contribution in [3.63, 3.8) is 0 Å². The van der Waals surface area contributed by atoms with E-state index in [0.29, 0.717) is 17.2 Å². The molecule has 0 bridgehead atoms. The van der Waals surface area contributed by atoms with Crippen molar-refractivity contribution in [3.8, 4) is 5.75 Å². The molecule has 0 unspecified atom stereocenters. The molecule has 0 saturated heterocycles. The molecular formula is C14H21NO3S. The molecule has 4 nitrogen and oxygen atoms in total. The maximum Gasteiger partial charge on any atom is 0.268 e. The molecule has 0 radical (unpaired) electrons. The molecule has 1 saturated carbocycles. The van der Waals surface area contributed by atoms with E-state index in [9.17, 15) is 9.90 Å². The van der Waals surface area contributed by atoms with E-state index in [1.807, 2.05) is 16.3 Å². The summed E-state index contributed by atoms with van der Waals surface area (Å²) in [7, 11) is 1.58. The average molecular weight is 283 g/mol. The van der Waals surface area contributed by atoms with Crippen molar-refractivity contribution < 1.29 is 14.6 Å². The number of nitrogens with zero attached hydrogens (tertiary/aromatic N) is 1. The van der Waals surface area contributed by atoms with Gasteiger partial charge < -0.3 is 14.7 Å². The second kappa shape index (κ2) is 6.91. The summed E-state index contributed by atoms with van der Waals surface area (Å²) in [6.07, 6.45) is 5.67. The number of hydrogen-bond donors (Lipinski definition) is 1. The van der Waals surface area contributed by atoms with Crippen molar-refractivity contribution in [2.24, 2.45) is 0 Å². The number of methoxy groups -OCH3 is 1. The maximum atomic E-state index is 12.6. The van der Waals surface area contributed by atoms with E-state index in [1.165, 1.54) is 30.6 Å². The van der Waals surface area contributed by atoms with E-state index >= 15 is 0 Å². The molecule has 0 spiro atoms. The molecule has 1 aromatic rings. The van der Waals surface area contributed by atoms with Crippen LogP contribution >= 0.6 is 11.3 Å². The summed E-state index contributed by atoms with van der Waals surface area (Å²) in [6, 6.07) is 2.08. The van der Waals surface area contributed by atoms with Crippen molar-refractivity contribution >= 4 is 17.2 Å². The molecule has 0 aromatic carbocycles. The van der Waals surface area contributed by atoms with Crippen molar-refractivity contribution in [1.82, 2.24) is 4.90 Å². The highest BCUT2D eigenvalue weighted by Crippen LogP contribution is 2.29. The van der Waals surface area contributed by atoms with E-state index < -0.39 is 0 Å². The highest BCUT2D eigenvalue weighted by atomic mass is 32.1. The number of carbonyl (C=O) groups excluding carboxylic acids is 1. The zero-order chi connectivity index (χ0) is 13.7. The first kappa shape index (κ1) is 14.3. The van der Waals surface area contributed by atoms with E-state index in [1.54, 1.807) is 7.11 Å². The Bertz CT molecular complexity index is 413. The molecule has 1 amide bonds. The molecular weight excluding hydrogens is 262 g/mol. The van der Waals surface area contributed by atoms with Crippen LogP contribution < -0.4 is 4.74 Å². The molecule has 1 N–H and O–H groups in total. The number of carbonyl (C=O) groups is 1. The first-order chi connectivity index (χ1) is 9.27. The van der Waals surface area contributed by atoms with Crippen LogP contribution in [0.25, 0.3) is 0 Å². The first-order valence-corrected chi connectivity index (χ1v) is 7.69.